The third kappa shape index (κ3) is 3.78. The van der Waals surface area contributed by atoms with Crippen molar-refractivity contribution in [3.05, 3.63) is 44.9 Å². The number of rotatable bonds is 6. The number of hydrogen-bond acceptors (Lipinski definition) is 6. The summed E-state index contributed by atoms with van der Waals surface area (Å²) >= 11 is 9.06. The zero-order valence-corrected chi connectivity index (χ0v) is 17.4. The Morgan fingerprint density at radius 3 is 2.74 bits per heavy atom. The summed E-state index contributed by atoms with van der Waals surface area (Å²) in [4.78, 5) is 26.3. The average Bonchev–Trinajstić information content (AvgIpc) is 3.35. The molecule has 0 unspecified atom stereocenters. The summed E-state index contributed by atoms with van der Waals surface area (Å²) in [7, 11) is 0. The molecule has 0 fully saturated rings. The number of thiophene rings is 2. The number of nitrogens with zero attached hydrogens (tertiary/aromatic N) is 2. The van der Waals surface area contributed by atoms with Gasteiger partial charge in [0.2, 0.25) is 0 Å². The van der Waals surface area contributed by atoms with Gasteiger partial charge >= 0.3 is 5.97 Å². The molecule has 0 aliphatic heterocycles. The first-order valence-electron chi connectivity index (χ1n) is 8.34. The van der Waals surface area contributed by atoms with Gasteiger partial charge in [-0.1, -0.05) is 17.7 Å². The number of aromatic nitrogens is 2. The molecule has 0 saturated heterocycles. The Labute approximate surface area is 169 Å². The maximum absolute atomic E-state index is 12.9. The van der Waals surface area contributed by atoms with Gasteiger partial charge in [-0.15, -0.1) is 22.7 Å². The molecule has 3 heterocycles. The van der Waals surface area contributed by atoms with Crippen molar-refractivity contribution in [2.45, 2.75) is 27.3 Å². The van der Waals surface area contributed by atoms with Crippen LogP contribution >= 0.6 is 34.3 Å². The fraction of sp³-hybridized carbons (Fsp3) is 0.278. The molecule has 1 N–H and O–H groups in total. The second-order valence-electron chi connectivity index (χ2n) is 5.57. The average molecular weight is 424 g/mol. The molecule has 6 nitrogen and oxygen atoms in total. The number of carbonyl (C=O) groups is 2. The first-order valence-corrected chi connectivity index (χ1v) is 10.5. The van der Waals surface area contributed by atoms with E-state index < -0.39 is 11.9 Å². The highest BCUT2D eigenvalue weighted by molar-refractivity contribution is 7.17. The molecule has 0 spiro atoms. The molecule has 0 atom stereocenters. The van der Waals surface area contributed by atoms with Crippen LogP contribution in [0.3, 0.4) is 0 Å². The lowest BCUT2D eigenvalue weighted by atomic mass is 10.1. The normalized spacial score (nSPS) is 10.8. The monoisotopic (exact) mass is 423 g/mol. The van der Waals surface area contributed by atoms with Crippen LogP contribution in [-0.4, -0.2) is 28.3 Å². The minimum atomic E-state index is -0.469. The highest BCUT2D eigenvalue weighted by atomic mass is 35.5. The van der Waals surface area contributed by atoms with Crippen LogP contribution < -0.4 is 5.32 Å². The molecule has 142 valence electrons. The zero-order chi connectivity index (χ0) is 19.6. The molecule has 1 amide bonds. The smallest absolute Gasteiger partial charge is 0.341 e. The van der Waals surface area contributed by atoms with Gasteiger partial charge in [0.15, 0.2) is 0 Å². The largest absolute Gasteiger partial charge is 0.462 e. The highest BCUT2D eigenvalue weighted by Crippen LogP contribution is 2.38. The number of ether oxygens (including phenoxy) is 1. The third-order valence-corrected chi connectivity index (χ3v) is 6.10. The topological polar surface area (TPSA) is 73.2 Å². The number of carbonyl (C=O) groups excluding carboxylic acids is 2. The van der Waals surface area contributed by atoms with E-state index in [1.807, 2.05) is 29.8 Å². The zero-order valence-electron chi connectivity index (χ0n) is 15.0. The lowest BCUT2D eigenvalue weighted by molar-refractivity contribution is 0.0529. The van der Waals surface area contributed by atoms with Crippen molar-refractivity contribution in [2.24, 2.45) is 0 Å². The van der Waals surface area contributed by atoms with Gasteiger partial charge < -0.3 is 10.1 Å². The van der Waals surface area contributed by atoms with E-state index in [0.717, 1.165) is 10.4 Å². The van der Waals surface area contributed by atoms with E-state index in [9.17, 15) is 9.59 Å². The lowest BCUT2D eigenvalue weighted by Gasteiger charge is -2.09. The Balaban J connectivity index is 2.00. The molecule has 3 rings (SSSR count). The minimum absolute atomic E-state index is 0.250. The van der Waals surface area contributed by atoms with Crippen LogP contribution in [-0.2, 0) is 11.3 Å². The standard InChI is InChI=1S/C18H18ClN3O3S2/c1-4-22-15(14(19)10(3)21-22)16(23)20-17-13(18(24)25-5-2)11(9-27-17)12-7-6-8-26-12/h6-9H,4-5H2,1-3H3,(H,20,23). The molecule has 0 aliphatic carbocycles. The number of anilines is 1. The van der Waals surface area contributed by atoms with E-state index in [2.05, 4.69) is 10.4 Å². The van der Waals surface area contributed by atoms with Crippen LogP contribution in [0.2, 0.25) is 5.02 Å². The number of hydrogen-bond donors (Lipinski definition) is 1. The van der Waals surface area contributed by atoms with Crippen LogP contribution in [0.25, 0.3) is 10.4 Å². The second-order valence-corrected chi connectivity index (χ2v) is 7.77. The van der Waals surface area contributed by atoms with Gasteiger partial charge in [0, 0.05) is 22.4 Å². The summed E-state index contributed by atoms with van der Waals surface area (Å²) in [5.41, 5.74) is 1.96. The van der Waals surface area contributed by atoms with Gasteiger partial charge in [0.05, 0.1) is 17.3 Å². The van der Waals surface area contributed by atoms with Crippen LogP contribution in [0.5, 0.6) is 0 Å². The van der Waals surface area contributed by atoms with Crippen LogP contribution in [0.1, 0.15) is 40.4 Å². The van der Waals surface area contributed by atoms with Gasteiger partial charge in [-0.2, -0.15) is 5.10 Å². The van der Waals surface area contributed by atoms with Crippen molar-refractivity contribution < 1.29 is 14.3 Å². The molecule has 9 heteroatoms. The summed E-state index contributed by atoms with van der Waals surface area (Å²) in [5.74, 6) is -0.878. The number of nitrogens with one attached hydrogen (secondary N) is 1. The van der Waals surface area contributed by atoms with Crippen LogP contribution in [0.4, 0.5) is 5.00 Å². The van der Waals surface area contributed by atoms with Crippen molar-refractivity contribution in [3.63, 3.8) is 0 Å². The molecule has 3 aromatic rings. The highest BCUT2D eigenvalue weighted by Gasteiger charge is 2.26. The minimum Gasteiger partial charge on any atom is -0.462 e. The second kappa shape index (κ2) is 8.24. The summed E-state index contributed by atoms with van der Waals surface area (Å²) in [5, 5.41) is 11.6. The first-order chi connectivity index (χ1) is 13.0. The van der Waals surface area contributed by atoms with E-state index in [4.69, 9.17) is 16.3 Å². The van der Waals surface area contributed by atoms with Crippen molar-refractivity contribution >= 4 is 51.2 Å². The number of amides is 1. The van der Waals surface area contributed by atoms with E-state index >= 15 is 0 Å². The molecule has 0 radical (unpaired) electrons. The van der Waals surface area contributed by atoms with Gasteiger partial charge in [-0.3, -0.25) is 9.48 Å². The van der Waals surface area contributed by atoms with E-state index in [1.165, 1.54) is 22.7 Å². The summed E-state index contributed by atoms with van der Waals surface area (Å²) in [6.07, 6.45) is 0. The Kier molecular flexibility index (Phi) is 5.98. The summed E-state index contributed by atoms with van der Waals surface area (Å²) in [6, 6.07) is 3.83. The molecular weight excluding hydrogens is 406 g/mol. The van der Waals surface area contributed by atoms with Gasteiger partial charge in [0.1, 0.15) is 16.3 Å². The van der Waals surface area contributed by atoms with Crippen molar-refractivity contribution in [1.29, 1.82) is 0 Å². The van der Waals surface area contributed by atoms with Crippen molar-refractivity contribution in [2.75, 3.05) is 11.9 Å². The Morgan fingerprint density at radius 1 is 1.33 bits per heavy atom. The predicted octanol–water partition coefficient (Wildman–Crippen LogP) is 5.08. The Bertz CT molecular complexity index is 977. The predicted molar refractivity (Wildman–Crippen MR) is 109 cm³/mol. The Hall–Kier alpha value is -2.16. The van der Waals surface area contributed by atoms with E-state index in [-0.39, 0.29) is 12.3 Å². The molecule has 27 heavy (non-hydrogen) atoms. The summed E-state index contributed by atoms with van der Waals surface area (Å²) in [6.45, 7) is 6.13. The molecule has 0 bridgehead atoms. The summed E-state index contributed by atoms with van der Waals surface area (Å²) < 4.78 is 6.75. The quantitative estimate of drug-likeness (QED) is 0.561. The van der Waals surface area contributed by atoms with Crippen LogP contribution in [0, 0.1) is 6.92 Å². The molecule has 0 aliphatic rings. The fourth-order valence-electron chi connectivity index (χ4n) is 2.64. The van der Waals surface area contributed by atoms with E-state index in [1.54, 1.807) is 18.5 Å². The molecular formula is C18H18ClN3O3S2. The maximum atomic E-state index is 12.9. The third-order valence-electron chi connectivity index (χ3n) is 3.85. The maximum Gasteiger partial charge on any atom is 0.341 e. The van der Waals surface area contributed by atoms with Gasteiger partial charge in [-0.25, -0.2) is 4.79 Å². The van der Waals surface area contributed by atoms with Gasteiger partial charge in [0.25, 0.3) is 5.91 Å². The lowest BCUT2D eigenvalue weighted by Crippen LogP contribution is -2.19. The molecule has 0 saturated carbocycles. The number of esters is 1. The molecule has 0 aromatic carbocycles. The van der Waals surface area contributed by atoms with Crippen molar-refractivity contribution in [3.8, 4) is 10.4 Å². The SMILES string of the molecule is CCOC(=O)c1c(-c2cccs2)csc1NC(=O)c1c(Cl)c(C)nn1CC. The number of aryl methyl sites for hydroxylation is 2. The fourth-order valence-corrected chi connectivity index (χ4v) is 4.62. The first kappa shape index (κ1) is 19.6. The van der Waals surface area contributed by atoms with Crippen LogP contribution in [0.15, 0.2) is 22.9 Å². The van der Waals surface area contributed by atoms with Crippen molar-refractivity contribution in [1.82, 2.24) is 9.78 Å². The van der Waals surface area contributed by atoms with Gasteiger partial charge in [-0.05, 0) is 32.2 Å². The van der Waals surface area contributed by atoms with E-state index in [0.29, 0.717) is 27.8 Å². The molecule has 3 aromatic heterocycles. The Morgan fingerprint density at radius 2 is 2.11 bits per heavy atom. The number of halogens is 1.